The van der Waals surface area contributed by atoms with Gasteiger partial charge in [0.2, 0.25) is 0 Å². The Balaban J connectivity index is 1.74. The Hall–Kier alpha value is -4.08. The first-order chi connectivity index (χ1) is 18.7. The third-order valence-corrected chi connectivity index (χ3v) is 7.71. The van der Waals surface area contributed by atoms with Crippen LogP contribution in [0.3, 0.4) is 0 Å². The summed E-state index contributed by atoms with van der Waals surface area (Å²) in [4.78, 5) is 0. The monoisotopic (exact) mass is 610 g/mol. The van der Waals surface area contributed by atoms with E-state index in [1.165, 1.54) is 0 Å². The zero-order valence-electron chi connectivity index (χ0n) is 20.3. The molecule has 178 valence electrons. The van der Waals surface area contributed by atoms with Crippen LogP contribution in [0.15, 0.2) is 130 Å². The Morgan fingerprint density at radius 3 is 1.18 bits per heavy atom. The SMILES string of the molecule is Brc1cc2ccccc2c(-c2c(C#Cc3ccccc3)c(Br)cc3ccccc23)c1C#Cc1ccccc1. The Bertz CT molecular complexity index is 1790. The van der Waals surface area contributed by atoms with Crippen molar-refractivity contribution in [1.82, 2.24) is 0 Å². The van der Waals surface area contributed by atoms with Crippen molar-refractivity contribution in [2.24, 2.45) is 0 Å². The first-order valence-electron chi connectivity index (χ1n) is 12.3. The third-order valence-electron chi connectivity index (χ3n) is 6.46. The molecule has 6 rings (SSSR count). The summed E-state index contributed by atoms with van der Waals surface area (Å²) in [6, 6.07) is 41.5. The van der Waals surface area contributed by atoms with Gasteiger partial charge in [-0.15, -0.1) is 0 Å². The zero-order valence-corrected chi connectivity index (χ0v) is 23.5. The van der Waals surface area contributed by atoms with Crippen molar-refractivity contribution < 1.29 is 0 Å². The molecule has 38 heavy (non-hydrogen) atoms. The molecule has 0 spiro atoms. The van der Waals surface area contributed by atoms with E-state index >= 15 is 0 Å². The van der Waals surface area contributed by atoms with Gasteiger partial charge in [-0.05, 0) is 89.8 Å². The Morgan fingerprint density at radius 2 is 0.763 bits per heavy atom. The van der Waals surface area contributed by atoms with Crippen LogP contribution in [-0.4, -0.2) is 0 Å². The summed E-state index contributed by atoms with van der Waals surface area (Å²) in [5, 5.41) is 4.56. The van der Waals surface area contributed by atoms with E-state index in [4.69, 9.17) is 0 Å². The maximum Gasteiger partial charge on any atom is 0.0476 e. The number of rotatable bonds is 1. The first-order valence-corrected chi connectivity index (χ1v) is 13.8. The second kappa shape index (κ2) is 10.7. The van der Waals surface area contributed by atoms with Crippen LogP contribution in [0.2, 0.25) is 0 Å². The second-order valence-electron chi connectivity index (χ2n) is 8.89. The summed E-state index contributed by atoms with van der Waals surface area (Å²) < 4.78 is 1.92. The molecule has 6 aromatic carbocycles. The average Bonchev–Trinajstić information content (AvgIpc) is 2.96. The zero-order chi connectivity index (χ0) is 25.9. The van der Waals surface area contributed by atoms with E-state index in [0.717, 1.165) is 63.9 Å². The van der Waals surface area contributed by atoms with Gasteiger partial charge in [0.05, 0.1) is 0 Å². The molecule has 0 N–H and O–H groups in total. The highest BCUT2D eigenvalue weighted by molar-refractivity contribution is 9.10. The van der Waals surface area contributed by atoms with Crippen molar-refractivity contribution in [3.8, 4) is 34.8 Å². The topological polar surface area (TPSA) is 0 Å². The fraction of sp³-hybridized carbons (Fsp3) is 0. The van der Waals surface area contributed by atoms with Crippen molar-refractivity contribution in [2.75, 3.05) is 0 Å². The fourth-order valence-corrected chi connectivity index (χ4v) is 5.79. The highest BCUT2D eigenvalue weighted by Crippen LogP contribution is 2.43. The molecule has 0 aromatic heterocycles. The molecular formula is C36H20Br2. The number of hydrogen-bond acceptors (Lipinski definition) is 0. The maximum absolute atomic E-state index is 3.87. The minimum absolute atomic E-state index is 0.943. The largest absolute Gasteiger partial charge is 0.0622 e. The standard InChI is InChI=1S/C36H20Br2/c37-33-23-27-15-7-9-17-29(27)35(31(33)21-19-25-11-3-1-4-12-25)36-30-18-10-8-16-28(30)24-34(38)32(36)22-20-26-13-5-2-6-14-26/h1-18,23-24H. The summed E-state index contributed by atoms with van der Waals surface area (Å²) in [5.41, 5.74) is 5.99. The minimum Gasteiger partial charge on any atom is -0.0622 e. The smallest absolute Gasteiger partial charge is 0.0476 e. The van der Waals surface area contributed by atoms with Crippen LogP contribution in [0, 0.1) is 23.7 Å². The summed E-state index contributed by atoms with van der Waals surface area (Å²) in [6.07, 6.45) is 0. The van der Waals surface area contributed by atoms with Crippen molar-refractivity contribution >= 4 is 53.4 Å². The van der Waals surface area contributed by atoms with Crippen LogP contribution in [-0.2, 0) is 0 Å². The highest BCUT2D eigenvalue weighted by atomic mass is 79.9. The van der Waals surface area contributed by atoms with E-state index in [0.29, 0.717) is 0 Å². The lowest BCUT2D eigenvalue weighted by molar-refractivity contribution is 1.56. The summed E-state index contributed by atoms with van der Waals surface area (Å²) in [5.74, 6) is 13.8. The Labute approximate surface area is 239 Å². The van der Waals surface area contributed by atoms with E-state index in [-0.39, 0.29) is 0 Å². The molecule has 2 heteroatoms. The van der Waals surface area contributed by atoms with Gasteiger partial charge < -0.3 is 0 Å². The molecule has 0 aliphatic heterocycles. The number of halogens is 2. The minimum atomic E-state index is 0.943. The molecule has 0 radical (unpaired) electrons. The number of fused-ring (bicyclic) bond motifs is 2. The van der Waals surface area contributed by atoms with Gasteiger partial charge in [-0.2, -0.15) is 0 Å². The van der Waals surface area contributed by atoms with Gasteiger partial charge in [0.15, 0.2) is 0 Å². The van der Waals surface area contributed by atoms with Gasteiger partial charge in [-0.25, -0.2) is 0 Å². The van der Waals surface area contributed by atoms with Crippen molar-refractivity contribution in [2.45, 2.75) is 0 Å². The molecule has 0 atom stereocenters. The quantitative estimate of drug-likeness (QED) is 0.162. The summed E-state index contributed by atoms with van der Waals surface area (Å²) in [7, 11) is 0. The first kappa shape index (κ1) is 24.3. The van der Waals surface area contributed by atoms with Crippen LogP contribution >= 0.6 is 31.9 Å². The molecule has 6 aromatic rings. The number of hydrogen-bond donors (Lipinski definition) is 0. The predicted octanol–water partition coefficient (Wildman–Crippen LogP) is 9.98. The molecule has 0 saturated carbocycles. The van der Waals surface area contributed by atoms with E-state index in [1.54, 1.807) is 0 Å². The van der Waals surface area contributed by atoms with Gasteiger partial charge in [-0.3, -0.25) is 0 Å². The van der Waals surface area contributed by atoms with E-state index in [1.807, 2.05) is 60.7 Å². The molecule has 0 heterocycles. The van der Waals surface area contributed by atoms with Crippen LogP contribution < -0.4 is 0 Å². The van der Waals surface area contributed by atoms with Crippen molar-refractivity contribution in [3.05, 3.63) is 153 Å². The fourth-order valence-electron chi connectivity index (χ4n) is 4.70. The van der Waals surface area contributed by atoms with Crippen molar-refractivity contribution in [3.63, 3.8) is 0 Å². The van der Waals surface area contributed by atoms with E-state index in [2.05, 4.69) is 116 Å². The molecule has 0 saturated heterocycles. The van der Waals surface area contributed by atoms with Crippen LogP contribution in [0.5, 0.6) is 0 Å². The van der Waals surface area contributed by atoms with Crippen LogP contribution in [0.25, 0.3) is 32.7 Å². The third kappa shape index (κ3) is 4.78. The predicted molar refractivity (Wildman–Crippen MR) is 167 cm³/mol. The Morgan fingerprint density at radius 1 is 0.395 bits per heavy atom. The normalized spacial score (nSPS) is 10.5. The molecule has 0 bridgehead atoms. The molecule has 0 fully saturated rings. The maximum atomic E-state index is 3.87. The van der Waals surface area contributed by atoms with E-state index < -0.39 is 0 Å². The molecule has 0 amide bonds. The lowest BCUT2D eigenvalue weighted by Gasteiger charge is -2.17. The van der Waals surface area contributed by atoms with E-state index in [9.17, 15) is 0 Å². The highest BCUT2D eigenvalue weighted by Gasteiger charge is 2.20. The van der Waals surface area contributed by atoms with Crippen molar-refractivity contribution in [1.29, 1.82) is 0 Å². The Kier molecular flexibility index (Phi) is 6.85. The average molecular weight is 612 g/mol. The lowest BCUT2D eigenvalue weighted by Crippen LogP contribution is -1.96. The molecular weight excluding hydrogens is 592 g/mol. The van der Waals surface area contributed by atoms with Gasteiger partial charge >= 0.3 is 0 Å². The summed E-state index contributed by atoms with van der Waals surface area (Å²) in [6.45, 7) is 0. The van der Waals surface area contributed by atoms with Gasteiger partial charge in [-0.1, -0.05) is 109 Å². The lowest BCUT2D eigenvalue weighted by atomic mass is 9.87. The molecule has 0 unspecified atom stereocenters. The summed E-state index contributed by atoms with van der Waals surface area (Å²) >= 11 is 7.74. The van der Waals surface area contributed by atoms with Gasteiger partial charge in [0.1, 0.15) is 0 Å². The van der Waals surface area contributed by atoms with Gasteiger partial charge in [0, 0.05) is 42.3 Å². The van der Waals surface area contributed by atoms with Crippen LogP contribution in [0.4, 0.5) is 0 Å². The molecule has 0 aliphatic rings. The molecule has 0 nitrogen and oxygen atoms in total. The molecule has 0 aliphatic carbocycles. The second-order valence-corrected chi connectivity index (χ2v) is 10.6. The van der Waals surface area contributed by atoms with Gasteiger partial charge in [0.25, 0.3) is 0 Å². The number of benzene rings is 6. The van der Waals surface area contributed by atoms with Crippen LogP contribution in [0.1, 0.15) is 22.3 Å².